The van der Waals surface area contributed by atoms with Crippen LogP contribution in [0.5, 0.6) is 0 Å². The highest BCUT2D eigenvalue weighted by Gasteiger charge is 2.03. The van der Waals surface area contributed by atoms with Crippen LogP contribution >= 0.6 is 15.9 Å². The van der Waals surface area contributed by atoms with Gasteiger partial charge in [0.05, 0.1) is 0 Å². The maximum atomic E-state index is 13.0. The number of hydrogen-bond acceptors (Lipinski definition) is 1. The predicted molar refractivity (Wildman–Crippen MR) is 67.4 cm³/mol. The summed E-state index contributed by atoms with van der Waals surface area (Å²) in [5.41, 5.74) is 1.33. The molecule has 0 aromatic heterocycles. The Hall–Kier alpha value is -0.900. The van der Waals surface area contributed by atoms with Crippen LogP contribution in [0.1, 0.15) is 24.8 Å². The largest absolute Gasteiger partial charge is 0.326 e. The minimum absolute atomic E-state index is 0.0639. The maximum Gasteiger partial charge on any atom is 0.224 e. The van der Waals surface area contributed by atoms with E-state index >= 15 is 0 Å². The van der Waals surface area contributed by atoms with Crippen molar-refractivity contribution in [3.63, 3.8) is 0 Å². The molecule has 1 amide bonds. The van der Waals surface area contributed by atoms with Gasteiger partial charge in [0.25, 0.3) is 0 Å². The van der Waals surface area contributed by atoms with Gasteiger partial charge in [-0.15, -0.1) is 0 Å². The van der Waals surface area contributed by atoms with Crippen molar-refractivity contribution in [3.8, 4) is 0 Å². The molecule has 1 rings (SSSR count). The van der Waals surface area contributed by atoms with E-state index in [0.717, 1.165) is 23.7 Å². The maximum absolute atomic E-state index is 13.0. The molecule has 1 aromatic rings. The van der Waals surface area contributed by atoms with Crippen molar-refractivity contribution in [1.29, 1.82) is 0 Å². The number of alkyl halides is 1. The smallest absolute Gasteiger partial charge is 0.224 e. The van der Waals surface area contributed by atoms with E-state index in [4.69, 9.17) is 0 Å². The molecule has 0 radical (unpaired) electrons. The van der Waals surface area contributed by atoms with E-state index < -0.39 is 0 Å². The van der Waals surface area contributed by atoms with Gasteiger partial charge in [0.2, 0.25) is 5.91 Å². The molecule has 0 aliphatic carbocycles. The number of carbonyl (C=O) groups is 1. The van der Waals surface area contributed by atoms with Gasteiger partial charge in [-0.25, -0.2) is 4.39 Å². The zero-order valence-electron chi connectivity index (χ0n) is 9.22. The molecule has 0 unspecified atom stereocenters. The Labute approximate surface area is 103 Å². The van der Waals surface area contributed by atoms with Crippen molar-refractivity contribution in [2.24, 2.45) is 0 Å². The summed E-state index contributed by atoms with van der Waals surface area (Å²) >= 11 is 3.30. The van der Waals surface area contributed by atoms with Gasteiger partial charge in [0, 0.05) is 17.4 Å². The Kier molecular flexibility index (Phi) is 5.46. The SMILES string of the molecule is Cc1cc(F)cc(NC(=O)CCCCBr)c1. The fourth-order valence-corrected chi connectivity index (χ4v) is 1.81. The summed E-state index contributed by atoms with van der Waals surface area (Å²) in [4.78, 5) is 11.5. The third-order valence-corrected chi connectivity index (χ3v) is 2.67. The Bertz CT molecular complexity index is 348. The number of unbranched alkanes of at least 4 members (excludes halogenated alkanes) is 1. The summed E-state index contributed by atoms with van der Waals surface area (Å²) in [5, 5.41) is 3.59. The van der Waals surface area contributed by atoms with Crippen LogP contribution in [-0.4, -0.2) is 11.2 Å². The van der Waals surface area contributed by atoms with E-state index in [2.05, 4.69) is 21.2 Å². The number of anilines is 1. The third kappa shape index (κ3) is 4.75. The van der Waals surface area contributed by atoms with E-state index in [1.165, 1.54) is 12.1 Å². The Morgan fingerprint density at radius 2 is 2.12 bits per heavy atom. The van der Waals surface area contributed by atoms with E-state index in [-0.39, 0.29) is 11.7 Å². The Morgan fingerprint density at radius 1 is 1.38 bits per heavy atom. The summed E-state index contributed by atoms with van der Waals surface area (Å²) in [6.45, 7) is 1.80. The van der Waals surface area contributed by atoms with Crippen molar-refractivity contribution in [3.05, 3.63) is 29.6 Å². The topological polar surface area (TPSA) is 29.1 Å². The normalized spacial score (nSPS) is 10.2. The third-order valence-electron chi connectivity index (χ3n) is 2.11. The number of amides is 1. The number of aryl methyl sites for hydroxylation is 1. The van der Waals surface area contributed by atoms with E-state index in [1.807, 2.05) is 0 Å². The van der Waals surface area contributed by atoms with Gasteiger partial charge < -0.3 is 5.32 Å². The lowest BCUT2D eigenvalue weighted by atomic mass is 10.2. The number of carbonyl (C=O) groups excluding carboxylic acids is 1. The van der Waals surface area contributed by atoms with Crippen LogP contribution in [0.3, 0.4) is 0 Å². The van der Waals surface area contributed by atoms with Crippen LogP contribution in [-0.2, 0) is 4.79 Å². The number of halogens is 2. The molecule has 1 N–H and O–H groups in total. The van der Waals surface area contributed by atoms with Crippen LogP contribution in [0.25, 0.3) is 0 Å². The van der Waals surface area contributed by atoms with Gasteiger partial charge >= 0.3 is 0 Å². The number of rotatable bonds is 5. The molecule has 1 aromatic carbocycles. The molecule has 88 valence electrons. The van der Waals surface area contributed by atoms with Crippen molar-refractivity contribution in [2.75, 3.05) is 10.6 Å². The predicted octanol–water partition coefficient (Wildman–Crippen LogP) is 3.64. The van der Waals surface area contributed by atoms with Crippen LogP contribution in [0.4, 0.5) is 10.1 Å². The standard InChI is InChI=1S/C12H15BrFNO/c1-9-6-10(14)8-11(7-9)15-12(16)4-2-3-5-13/h6-8H,2-5H2,1H3,(H,15,16). The average Bonchev–Trinajstić information content (AvgIpc) is 2.16. The second-order valence-electron chi connectivity index (χ2n) is 3.71. The van der Waals surface area contributed by atoms with Crippen LogP contribution in [0, 0.1) is 12.7 Å². The molecule has 0 spiro atoms. The van der Waals surface area contributed by atoms with Crippen LogP contribution in [0.2, 0.25) is 0 Å². The molecule has 4 heteroatoms. The van der Waals surface area contributed by atoms with Gasteiger partial charge in [-0.2, -0.15) is 0 Å². The van der Waals surface area contributed by atoms with Crippen LogP contribution in [0.15, 0.2) is 18.2 Å². The van der Waals surface area contributed by atoms with E-state index in [0.29, 0.717) is 12.1 Å². The van der Waals surface area contributed by atoms with Crippen LogP contribution < -0.4 is 5.32 Å². The monoisotopic (exact) mass is 287 g/mol. The Balaban J connectivity index is 2.49. The lowest BCUT2D eigenvalue weighted by Crippen LogP contribution is -2.11. The van der Waals surface area contributed by atoms with Crippen molar-refractivity contribution in [1.82, 2.24) is 0 Å². The first-order chi connectivity index (χ1) is 7.61. The van der Waals surface area contributed by atoms with Gasteiger partial charge in [-0.1, -0.05) is 15.9 Å². The summed E-state index contributed by atoms with van der Waals surface area (Å²) < 4.78 is 13.0. The average molecular weight is 288 g/mol. The minimum Gasteiger partial charge on any atom is -0.326 e. The second-order valence-corrected chi connectivity index (χ2v) is 4.50. The molecular formula is C12H15BrFNO. The van der Waals surface area contributed by atoms with E-state index in [9.17, 15) is 9.18 Å². The van der Waals surface area contributed by atoms with Crippen molar-refractivity contribution in [2.45, 2.75) is 26.2 Å². The summed E-state index contributed by atoms with van der Waals surface area (Å²) in [5.74, 6) is -0.387. The summed E-state index contributed by atoms with van der Waals surface area (Å²) in [7, 11) is 0. The molecule has 0 saturated heterocycles. The second kappa shape index (κ2) is 6.63. The van der Waals surface area contributed by atoms with Gasteiger partial charge in [-0.05, 0) is 43.5 Å². The molecule has 0 aliphatic heterocycles. The fourth-order valence-electron chi connectivity index (χ4n) is 1.41. The number of nitrogens with one attached hydrogen (secondary N) is 1. The molecule has 0 aliphatic rings. The first kappa shape index (κ1) is 13.2. The van der Waals surface area contributed by atoms with Gasteiger partial charge in [-0.3, -0.25) is 4.79 Å². The summed E-state index contributed by atoms with van der Waals surface area (Å²) in [6, 6.07) is 4.52. The first-order valence-electron chi connectivity index (χ1n) is 5.25. The van der Waals surface area contributed by atoms with Gasteiger partial charge in [0.15, 0.2) is 0 Å². The zero-order valence-corrected chi connectivity index (χ0v) is 10.8. The molecule has 0 atom stereocenters. The first-order valence-corrected chi connectivity index (χ1v) is 6.37. The molecular weight excluding hydrogens is 273 g/mol. The van der Waals surface area contributed by atoms with Gasteiger partial charge in [0.1, 0.15) is 5.82 Å². The van der Waals surface area contributed by atoms with Crippen molar-refractivity contribution >= 4 is 27.5 Å². The highest BCUT2D eigenvalue weighted by atomic mass is 79.9. The fraction of sp³-hybridized carbons (Fsp3) is 0.417. The lowest BCUT2D eigenvalue weighted by molar-refractivity contribution is -0.116. The molecule has 16 heavy (non-hydrogen) atoms. The lowest BCUT2D eigenvalue weighted by Gasteiger charge is -2.06. The number of hydrogen-bond donors (Lipinski definition) is 1. The molecule has 0 bridgehead atoms. The quantitative estimate of drug-likeness (QED) is 0.650. The van der Waals surface area contributed by atoms with Crippen molar-refractivity contribution < 1.29 is 9.18 Å². The molecule has 0 fully saturated rings. The molecule has 2 nitrogen and oxygen atoms in total. The Morgan fingerprint density at radius 3 is 2.75 bits per heavy atom. The summed E-state index contributed by atoms with van der Waals surface area (Å²) in [6.07, 6.45) is 2.28. The minimum atomic E-state index is -0.323. The van der Waals surface area contributed by atoms with E-state index in [1.54, 1.807) is 13.0 Å². The highest BCUT2D eigenvalue weighted by Crippen LogP contribution is 2.13. The zero-order chi connectivity index (χ0) is 12.0. The molecule has 0 heterocycles. The molecule has 0 saturated carbocycles. The number of benzene rings is 1. The highest BCUT2D eigenvalue weighted by molar-refractivity contribution is 9.09.